The van der Waals surface area contributed by atoms with Crippen molar-refractivity contribution >= 4 is 21.9 Å². The minimum Gasteiger partial charge on any atom is -0.477 e. The van der Waals surface area contributed by atoms with Crippen LogP contribution in [0.2, 0.25) is 0 Å². The number of hydrogen-bond donors (Lipinski definition) is 2. The van der Waals surface area contributed by atoms with Gasteiger partial charge in [-0.1, -0.05) is 13.8 Å². The molecule has 1 aromatic rings. The molecule has 0 aliphatic carbocycles. The second kappa shape index (κ2) is 3.96. The third-order valence-electron chi connectivity index (χ3n) is 1.83. The second-order valence-corrected chi connectivity index (χ2v) is 4.09. The largest absolute Gasteiger partial charge is 0.477 e. The van der Waals surface area contributed by atoms with Gasteiger partial charge >= 0.3 is 5.97 Å². The summed E-state index contributed by atoms with van der Waals surface area (Å²) in [5.74, 6) is -1.08. The predicted octanol–water partition coefficient (Wildman–Crippen LogP) is 1.96. The van der Waals surface area contributed by atoms with Crippen LogP contribution in [0.25, 0.3) is 0 Å². The molecule has 0 saturated heterocycles. The molecular weight excluding hydrogens is 250 g/mol. The summed E-state index contributed by atoms with van der Waals surface area (Å²) in [4.78, 5) is 24.4. The highest BCUT2D eigenvalue weighted by atomic mass is 79.9. The average Bonchev–Trinajstić information content (AvgIpc) is 2.07. The van der Waals surface area contributed by atoms with Crippen molar-refractivity contribution in [1.82, 2.24) is 4.98 Å². The van der Waals surface area contributed by atoms with E-state index in [4.69, 9.17) is 5.11 Å². The minimum atomic E-state index is -1.22. The Morgan fingerprint density at radius 3 is 2.57 bits per heavy atom. The number of halogens is 1. The number of carboxylic acids is 1. The topological polar surface area (TPSA) is 70.2 Å². The summed E-state index contributed by atoms with van der Waals surface area (Å²) >= 11 is 3.22. The van der Waals surface area contributed by atoms with E-state index in [1.165, 1.54) is 6.07 Å². The van der Waals surface area contributed by atoms with Gasteiger partial charge in [0.25, 0.3) is 5.56 Å². The van der Waals surface area contributed by atoms with E-state index in [-0.39, 0.29) is 11.5 Å². The molecule has 1 aromatic heterocycles. The summed E-state index contributed by atoms with van der Waals surface area (Å²) < 4.78 is 0.615. The number of rotatable bonds is 2. The molecule has 0 amide bonds. The van der Waals surface area contributed by atoms with E-state index < -0.39 is 11.5 Å². The van der Waals surface area contributed by atoms with Gasteiger partial charge in [-0.05, 0) is 27.9 Å². The monoisotopic (exact) mass is 259 g/mol. The minimum absolute atomic E-state index is 0.139. The maximum atomic E-state index is 11.3. The number of nitrogens with one attached hydrogen (secondary N) is 1. The lowest BCUT2D eigenvalue weighted by molar-refractivity contribution is 0.0695. The first kappa shape index (κ1) is 11.0. The van der Waals surface area contributed by atoms with Crippen LogP contribution in [0, 0.1) is 0 Å². The van der Waals surface area contributed by atoms with Gasteiger partial charge in [0.05, 0.1) is 0 Å². The Hall–Kier alpha value is -1.10. The number of carbonyl (C=O) groups is 1. The molecule has 1 rings (SSSR count). The van der Waals surface area contributed by atoms with E-state index in [0.29, 0.717) is 10.2 Å². The summed E-state index contributed by atoms with van der Waals surface area (Å²) in [6.45, 7) is 3.83. The summed E-state index contributed by atoms with van der Waals surface area (Å²) in [5, 5.41) is 8.68. The van der Waals surface area contributed by atoms with E-state index >= 15 is 0 Å². The van der Waals surface area contributed by atoms with Crippen molar-refractivity contribution in [1.29, 1.82) is 0 Å². The first-order valence-electron chi connectivity index (χ1n) is 4.09. The number of aromatic nitrogens is 1. The van der Waals surface area contributed by atoms with Gasteiger partial charge in [-0.2, -0.15) is 0 Å². The van der Waals surface area contributed by atoms with Gasteiger partial charge < -0.3 is 10.1 Å². The van der Waals surface area contributed by atoms with Crippen molar-refractivity contribution in [3.63, 3.8) is 0 Å². The number of aromatic amines is 1. The van der Waals surface area contributed by atoms with Gasteiger partial charge in [0, 0.05) is 10.2 Å². The van der Waals surface area contributed by atoms with E-state index in [9.17, 15) is 9.59 Å². The molecule has 0 aliphatic rings. The second-order valence-electron chi connectivity index (χ2n) is 3.23. The fraction of sp³-hybridized carbons (Fsp3) is 0.333. The van der Waals surface area contributed by atoms with Crippen LogP contribution in [0.4, 0.5) is 0 Å². The quantitative estimate of drug-likeness (QED) is 0.853. The zero-order chi connectivity index (χ0) is 10.9. The van der Waals surface area contributed by atoms with E-state index in [2.05, 4.69) is 20.9 Å². The maximum absolute atomic E-state index is 11.3. The van der Waals surface area contributed by atoms with Gasteiger partial charge in [-0.3, -0.25) is 4.79 Å². The van der Waals surface area contributed by atoms with Crippen molar-refractivity contribution in [2.75, 3.05) is 0 Å². The van der Waals surface area contributed by atoms with Gasteiger partial charge in [0.15, 0.2) is 0 Å². The van der Waals surface area contributed by atoms with E-state index in [0.717, 1.165) is 0 Å². The highest BCUT2D eigenvalue weighted by Gasteiger charge is 2.13. The normalized spacial score (nSPS) is 10.6. The molecule has 2 N–H and O–H groups in total. The number of pyridine rings is 1. The smallest absolute Gasteiger partial charge is 0.341 e. The number of aromatic carboxylic acids is 1. The zero-order valence-electron chi connectivity index (χ0n) is 7.80. The molecule has 5 heteroatoms. The number of hydrogen-bond acceptors (Lipinski definition) is 2. The van der Waals surface area contributed by atoms with Crippen LogP contribution in [0.3, 0.4) is 0 Å². The predicted molar refractivity (Wildman–Crippen MR) is 55.8 cm³/mol. The maximum Gasteiger partial charge on any atom is 0.341 e. The Bertz CT molecular complexity index is 423. The van der Waals surface area contributed by atoms with Crippen molar-refractivity contribution in [3.05, 3.63) is 32.2 Å². The Morgan fingerprint density at radius 1 is 1.57 bits per heavy atom. The molecule has 0 bridgehead atoms. The van der Waals surface area contributed by atoms with Gasteiger partial charge in [-0.25, -0.2) is 4.79 Å². The van der Waals surface area contributed by atoms with Crippen LogP contribution in [0.1, 0.15) is 35.8 Å². The molecule has 0 fully saturated rings. The SMILES string of the molecule is CC(C)c1[nH]c(=O)c(C(=O)O)cc1Br. The fourth-order valence-corrected chi connectivity index (χ4v) is 1.88. The molecule has 14 heavy (non-hydrogen) atoms. The summed E-state index contributed by atoms with van der Waals surface area (Å²) in [5.41, 5.74) is -0.106. The van der Waals surface area contributed by atoms with Crippen LogP contribution in [0.5, 0.6) is 0 Å². The molecule has 4 nitrogen and oxygen atoms in total. The molecule has 0 aliphatic heterocycles. The fourth-order valence-electron chi connectivity index (χ4n) is 1.10. The summed E-state index contributed by atoms with van der Waals surface area (Å²) in [6.07, 6.45) is 0. The molecule has 0 saturated carbocycles. The number of H-pyrrole nitrogens is 1. The first-order valence-corrected chi connectivity index (χ1v) is 4.88. The Balaban J connectivity index is 3.39. The van der Waals surface area contributed by atoms with Crippen molar-refractivity contribution < 1.29 is 9.90 Å². The van der Waals surface area contributed by atoms with Crippen LogP contribution in [-0.4, -0.2) is 16.1 Å². The third kappa shape index (κ3) is 2.04. The molecule has 0 spiro atoms. The van der Waals surface area contributed by atoms with E-state index in [1.807, 2.05) is 13.8 Å². The van der Waals surface area contributed by atoms with Gasteiger partial charge in [0.2, 0.25) is 0 Å². The summed E-state index contributed by atoms with van der Waals surface area (Å²) in [7, 11) is 0. The van der Waals surface area contributed by atoms with Crippen LogP contribution >= 0.6 is 15.9 Å². The van der Waals surface area contributed by atoms with Crippen LogP contribution in [-0.2, 0) is 0 Å². The lowest BCUT2D eigenvalue weighted by atomic mass is 10.1. The van der Waals surface area contributed by atoms with Gasteiger partial charge in [0.1, 0.15) is 5.56 Å². The molecule has 0 aromatic carbocycles. The Kier molecular flexibility index (Phi) is 3.10. The van der Waals surface area contributed by atoms with Crippen molar-refractivity contribution in [2.24, 2.45) is 0 Å². The molecule has 1 heterocycles. The molecular formula is C9H10BrNO3. The summed E-state index contributed by atoms with van der Waals surface area (Å²) in [6, 6.07) is 1.33. The average molecular weight is 260 g/mol. The molecule has 76 valence electrons. The molecule has 0 atom stereocenters. The standard InChI is InChI=1S/C9H10BrNO3/c1-4(2)7-6(10)3-5(9(13)14)8(12)11-7/h3-4H,1-2H3,(H,11,12)(H,13,14). The van der Waals surface area contributed by atoms with Crippen molar-refractivity contribution in [2.45, 2.75) is 19.8 Å². The van der Waals surface area contributed by atoms with Crippen LogP contribution in [0.15, 0.2) is 15.3 Å². The molecule has 0 radical (unpaired) electrons. The lowest BCUT2D eigenvalue weighted by Gasteiger charge is -2.08. The highest BCUT2D eigenvalue weighted by Crippen LogP contribution is 2.21. The van der Waals surface area contributed by atoms with Gasteiger partial charge in [-0.15, -0.1) is 0 Å². The highest BCUT2D eigenvalue weighted by molar-refractivity contribution is 9.10. The lowest BCUT2D eigenvalue weighted by Crippen LogP contribution is -2.19. The molecule has 0 unspecified atom stereocenters. The zero-order valence-corrected chi connectivity index (χ0v) is 9.38. The third-order valence-corrected chi connectivity index (χ3v) is 2.49. The van der Waals surface area contributed by atoms with E-state index in [1.54, 1.807) is 0 Å². The Labute approximate surface area is 89.1 Å². The number of carboxylic acid groups (broad SMARTS) is 1. The Morgan fingerprint density at radius 2 is 2.14 bits per heavy atom. The van der Waals surface area contributed by atoms with Crippen LogP contribution < -0.4 is 5.56 Å². The van der Waals surface area contributed by atoms with Crippen molar-refractivity contribution in [3.8, 4) is 0 Å². The first-order chi connectivity index (χ1) is 6.43.